The summed E-state index contributed by atoms with van der Waals surface area (Å²) >= 11 is 4.62. The first kappa shape index (κ1) is 17.4. The molecule has 4 rings (SSSR count). The molecule has 0 nitrogen and oxygen atoms in total. The maximum atomic E-state index is 4.62. The lowest BCUT2D eigenvalue weighted by Gasteiger charge is -2.26. The van der Waals surface area contributed by atoms with Gasteiger partial charge < -0.3 is 0 Å². The van der Waals surface area contributed by atoms with Gasteiger partial charge in [-0.05, 0) is 66.3 Å². The van der Waals surface area contributed by atoms with Crippen molar-refractivity contribution in [3.05, 3.63) is 83.9 Å². The van der Waals surface area contributed by atoms with Crippen molar-refractivity contribution in [1.82, 2.24) is 0 Å². The number of benzene rings is 3. The van der Waals surface area contributed by atoms with E-state index < -0.39 is 0 Å². The predicted molar refractivity (Wildman–Crippen MR) is 116 cm³/mol. The van der Waals surface area contributed by atoms with Gasteiger partial charge >= 0.3 is 0 Å². The summed E-state index contributed by atoms with van der Waals surface area (Å²) in [6.07, 6.45) is 5.05. The molecular formula is C25H26S. The van der Waals surface area contributed by atoms with Crippen LogP contribution in [-0.2, 0) is 0 Å². The lowest BCUT2D eigenvalue weighted by atomic mass is 9.83. The highest BCUT2D eigenvalue weighted by Crippen LogP contribution is 2.35. The first-order valence-corrected chi connectivity index (χ1v) is 10.2. The number of aryl methyl sites for hydroxylation is 1. The molecule has 0 N–H and O–H groups in total. The van der Waals surface area contributed by atoms with Crippen LogP contribution in [0.4, 0.5) is 0 Å². The zero-order valence-corrected chi connectivity index (χ0v) is 16.3. The largest absolute Gasteiger partial charge is 0.176 e. The summed E-state index contributed by atoms with van der Waals surface area (Å²) in [6, 6.07) is 26.9. The Morgan fingerprint density at radius 3 is 1.42 bits per heavy atom. The molecule has 132 valence electrons. The van der Waals surface area contributed by atoms with Gasteiger partial charge in [-0.1, -0.05) is 78.4 Å². The van der Waals surface area contributed by atoms with Gasteiger partial charge in [0.25, 0.3) is 0 Å². The van der Waals surface area contributed by atoms with Crippen molar-refractivity contribution in [3.8, 4) is 22.3 Å². The number of rotatable bonds is 3. The molecule has 3 aromatic carbocycles. The lowest BCUT2D eigenvalue weighted by molar-refractivity contribution is 0.455. The molecule has 1 heteroatoms. The fourth-order valence-corrected chi connectivity index (χ4v) is 4.26. The van der Waals surface area contributed by atoms with Gasteiger partial charge in [0.15, 0.2) is 0 Å². The van der Waals surface area contributed by atoms with Crippen LogP contribution in [0.2, 0.25) is 0 Å². The summed E-state index contributed by atoms with van der Waals surface area (Å²) in [5, 5.41) is 0.609. The van der Waals surface area contributed by atoms with Gasteiger partial charge in [-0.3, -0.25) is 0 Å². The summed E-state index contributed by atoms with van der Waals surface area (Å²) in [6.45, 7) is 2.13. The molecule has 0 saturated heterocycles. The van der Waals surface area contributed by atoms with E-state index in [1.54, 1.807) is 0 Å². The molecule has 0 aliphatic heterocycles. The van der Waals surface area contributed by atoms with E-state index in [4.69, 9.17) is 0 Å². The van der Waals surface area contributed by atoms with Crippen LogP contribution in [0, 0.1) is 6.92 Å². The molecule has 1 aliphatic rings. The number of hydrogen-bond donors (Lipinski definition) is 1. The molecule has 0 bridgehead atoms. The molecule has 0 atom stereocenters. The van der Waals surface area contributed by atoms with Crippen LogP contribution in [0.15, 0.2) is 72.8 Å². The van der Waals surface area contributed by atoms with E-state index in [0.717, 1.165) is 5.92 Å². The smallest absolute Gasteiger partial charge is 0.00172 e. The first-order valence-electron chi connectivity index (χ1n) is 9.64. The Hall–Kier alpha value is -1.99. The van der Waals surface area contributed by atoms with Crippen LogP contribution in [0.1, 0.15) is 42.7 Å². The van der Waals surface area contributed by atoms with Gasteiger partial charge in [-0.15, -0.1) is 0 Å². The Morgan fingerprint density at radius 2 is 0.962 bits per heavy atom. The fourth-order valence-electron chi connectivity index (χ4n) is 3.96. The van der Waals surface area contributed by atoms with Crippen molar-refractivity contribution in [1.29, 1.82) is 0 Å². The minimum Gasteiger partial charge on any atom is -0.176 e. The minimum atomic E-state index is 0.609. The van der Waals surface area contributed by atoms with Gasteiger partial charge in [0.05, 0.1) is 0 Å². The Balaban J connectivity index is 1.50. The number of hydrogen-bond acceptors (Lipinski definition) is 1. The summed E-state index contributed by atoms with van der Waals surface area (Å²) < 4.78 is 0. The van der Waals surface area contributed by atoms with Gasteiger partial charge in [0.1, 0.15) is 0 Å². The first-order chi connectivity index (χ1) is 12.7. The van der Waals surface area contributed by atoms with Gasteiger partial charge in [-0.25, -0.2) is 0 Å². The molecule has 0 heterocycles. The predicted octanol–water partition coefficient (Wildman–Crippen LogP) is 7.29. The topological polar surface area (TPSA) is 0 Å². The third kappa shape index (κ3) is 3.88. The van der Waals surface area contributed by atoms with Gasteiger partial charge in [0, 0.05) is 5.25 Å². The fraction of sp³-hybridized carbons (Fsp3) is 0.280. The van der Waals surface area contributed by atoms with E-state index in [9.17, 15) is 0 Å². The third-order valence-corrected chi connectivity index (χ3v) is 6.20. The molecule has 26 heavy (non-hydrogen) atoms. The second kappa shape index (κ2) is 7.72. The van der Waals surface area contributed by atoms with Crippen molar-refractivity contribution < 1.29 is 0 Å². The van der Waals surface area contributed by atoms with Crippen molar-refractivity contribution in [2.45, 2.75) is 43.8 Å². The van der Waals surface area contributed by atoms with Crippen molar-refractivity contribution in [2.75, 3.05) is 0 Å². The Labute approximate surface area is 162 Å². The molecule has 0 spiro atoms. The van der Waals surface area contributed by atoms with Crippen LogP contribution in [-0.4, -0.2) is 5.25 Å². The Kier molecular flexibility index (Phi) is 5.17. The SMILES string of the molecule is Cc1ccc(-c2ccc(-c3ccc(C4CCC(S)CC4)cc3)cc2)cc1. The molecule has 0 unspecified atom stereocenters. The van der Waals surface area contributed by atoms with Crippen molar-refractivity contribution in [2.24, 2.45) is 0 Å². The van der Waals surface area contributed by atoms with E-state index in [-0.39, 0.29) is 0 Å². The molecular weight excluding hydrogens is 332 g/mol. The maximum absolute atomic E-state index is 4.62. The molecule has 0 radical (unpaired) electrons. The van der Waals surface area contributed by atoms with Crippen molar-refractivity contribution in [3.63, 3.8) is 0 Å². The van der Waals surface area contributed by atoms with E-state index in [1.165, 1.54) is 59.1 Å². The second-order valence-corrected chi connectivity index (χ2v) is 8.30. The van der Waals surface area contributed by atoms with E-state index in [2.05, 4.69) is 92.3 Å². The normalized spacial score (nSPS) is 20.1. The molecule has 1 saturated carbocycles. The van der Waals surface area contributed by atoms with Gasteiger partial charge in [-0.2, -0.15) is 12.6 Å². The highest BCUT2D eigenvalue weighted by atomic mass is 32.1. The monoisotopic (exact) mass is 358 g/mol. The van der Waals surface area contributed by atoms with Crippen LogP contribution in [0.3, 0.4) is 0 Å². The molecule has 1 fully saturated rings. The van der Waals surface area contributed by atoms with E-state index in [1.807, 2.05) is 0 Å². The highest BCUT2D eigenvalue weighted by Gasteiger charge is 2.19. The van der Waals surface area contributed by atoms with Crippen LogP contribution >= 0.6 is 12.6 Å². The minimum absolute atomic E-state index is 0.609. The van der Waals surface area contributed by atoms with Crippen LogP contribution in [0.25, 0.3) is 22.3 Å². The highest BCUT2D eigenvalue weighted by molar-refractivity contribution is 7.80. The Morgan fingerprint density at radius 1 is 0.577 bits per heavy atom. The summed E-state index contributed by atoms with van der Waals surface area (Å²) in [7, 11) is 0. The van der Waals surface area contributed by atoms with E-state index >= 15 is 0 Å². The molecule has 0 aromatic heterocycles. The summed E-state index contributed by atoms with van der Waals surface area (Å²) in [4.78, 5) is 0. The standard InChI is InChI=1S/C25H26S/c1-18-2-4-19(5-3-18)20-6-8-21(9-7-20)22-10-12-23(13-11-22)24-14-16-25(26)17-15-24/h2-13,24-26H,14-17H2,1H3. The van der Waals surface area contributed by atoms with Crippen LogP contribution < -0.4 is 0 Å². The van der Waals surface area contributed by atoms with E-state index in [0.29, 0.717) is 5.25 Å². The number of thiol groups is 1. The molecule has 0 amide bonds. The Bertz CT molecular complexity index is 836. The maximum Gasteiger partial charge on any atom is 0.00172 e. The average molecular weight is 359 g/mol. The third-order valence-electron chi connectivity index (χ3n) is 5.68. The average Bonchev–Trinajstić information content (AvgIpc) is 2.70. The quantitative estimate of drug-likeness (QED) is 0.467. The molecule has 1 aliphatic carbocycles. The summed E-state index contributed by atoms with van der Waals surface area (Å²) in [5.74, 6) is 0.719. The van der Waals surface area contributed by atoms with Crippen molar-refractivity contribution >= 4 is 12.6 Å². The second-order valence-electron chi connectivity index (χ2n) is 7.57. The summed E-state index contributed by atoms with van der Waals surface area (Å²) in [5.41, 5.74) is 7.92. The van der Waals surface area contributed by atoms with Crippen LogP contribution in [0.5, 0.6) is 0 Å². The zero-order chi connectivity index (χ0) is 17.9. The van der Waals surface area contributed by atoms with Gasteiger partial charge in [0.2, 0.25) is 0 Å². The molecule has 3 aromatic rings. The lowest BCUT2D eigenvalue weighted by Crippen LogP contribution is -2.12. The zero-order valence-electron chi connectivity index (χ0n) is 15.4.